The third kappa shape index (κ3) is 3.56. The molecule has 0 saturated heterocycles. The van der Waals surface area contributed by atoms with E-state index in [2.05, 4.69) is 5.32 Å². The summed E-state index contributed by atoms with van der Waals surface area (Å²) >= 11 is 11.6. The molecule has 1 amide bonds. The van der Waals surface area contributed by atoms with Crippen molar-refractivity contribution in [2.24, 2.45) is 0 Å². The molecule has 0 aliphatic carbocycles. The van der Waals surface area contributed by atoms with Crippen LogP contribution in [0.3, 0.4) is 0 Å². The van der Waals surface area contributed by atoms with E-state index in [1.807, 2.05) is 0 Å². The summed E-state index contributed by atoms with van der Waals surface area (Å²) in [5.74, 6) is -0.313. The second-order valence-corrected chi connectivity index (χ2v) is 4.27. The Labute approximate surface area is 103 Å². The van der Waals surface area contributed by atoms with Crippen molar-refractivity contribution in [3.8, 4) is 0 Å². The predicted molar refractivity (Wildman–Crippen MR) is 65.8 cm³/mol. The van der Waals surface area contributed by atoms with E-state index in [4.69, 9.17) is 34.0 Å². The van der Waals surface area contributed by atoms with Gasteiger partial charge in [-0.2, -0.15) is 0 Å². The summed E-state index contributed by atoms with van der Waals surface area (Å²) in [5, 5.41) is 12.1. The molecular formula is C10H12Cl2N2O2. The maximum Gasteiger partial charge on any atom is 0.226 e. The minimum Gasteiger partial charge on any atom is -0.396 e. The molecule has 0 bridgehead atoms. The normalized spacial score (nSPS) is 12.2. The largest absolute Gasteiger partial charge is 0.396 e. The van der Waals surface area contributed by atoms with Crippen LogP contribution in [0.2, 0.25) is 10.0 Å². The van der Waals surface area contributed by atoms with Crippen LogP contribution in [0.4, 0.5) is 11.4 Å². The number of nitrogen functional groups attached to an aromatic ring is 1. The predicted octanol–water partition coefficient (Wildman–Crippen LogP) is 2.29. The Morgan fingerprint density at radius 3 is 2.44 bits per heavy atom. The number of amides is 1. The molecule has 1 unspecified atom stereocenters. The Morgan fingerprint density at radius 2 is 2.00 bits per heavy atom. The number of nitrogens with one attached hydrogen (secondary N) is 1. The van der Waals surface area contributed by atoms with Crippen LogP contribution in [0.1, 0.15) is 13.3 Å². The minimum absolute atomic E-state index is 0.0135. The van der Waals surface area contributed by atoms with Crippen molar-refractivity contribution >= 4 is 40.5 Å². The lowest BCUT2D eigenvalue weighted by molar-refractivity contribution is -0.117. The summed E-state index contributed by atoms with van der Waals surface area (Å²) in [7, 11) is 0. The zero-order valence-electron chi connectivity index (χ0n) is 8.63. The molecular weight excluding hydrogens is 251 g/mol. The van der Waals surface area contributed by atoms with Gasteiger partial charge in [-0.05, 0) is 19.1 Å². The van der Waals surface area contributed by atoms with Crippen LogP contribution < -0.4 is 11.1 Å². The highest BCUT2D eigenvalue weighted by atomic mass is 35.5. The van der Waals surface area contributed by atoms with Crippen molar-refractivity contribution in [1.82, 2.24) is 0 Å². The van der Waals surface area contributed by atoms with Crippen LogP contribution in [-0.2, 0) is 4.79 Å². The van der Waals surface area contributed by atoms with Crippen LogP contribution >= 0.6 is 23.2 Å². The monoisotopic (exact) mass is 262 g/mol. The van der Waals surface area contributed by atoms with E-state index < -0.39 is 6.10 Å². The molecule has 0 aliphatic rings. The number of anilines is 2. The Hall–Kier alpha value is -0.970. The van der Waals surface area contributed by atoms with Crippen molar-refractivity contribution in [2.75, 3.05) is 11.1 Å². The topological polar surface area (TPSA) is 75.3 Å². The zero-order valence-corrected chi connectivity index (χ0v) is 10.1. The van der Waals surface area contributed by atoms with Gasteiger partial charge in [-0.3, -0.25) is 4.79 Å². The highest BCUT2D eigenvalue weighted by molar-refractivity contribution is 6.39. The van der Waals surface area contributed by atoms with E-state index in [9.17, 15) is 4.79 Å². The molecule has 1 aromatic rings. The molecule has 0 heterocycles. The number of carbonyl (C=O) groups excluding carboxylic acids is 1. The van der Waals surface area contributed by atoms with Gasteiger partial charge >= 0.3 is 0 Å². The summed E-state index contributed by atoms with van der Waals surface area (Å²) in [4.78, 5) is 11.3. The number of aliphatic hydroxyl groups excluding tert-OH is 1. The molecule has 1 aromatic carbocycles. The number of nitrogens with two attached hydrogens (primary N) is 1. The average Bonchev–Trinajstić information content (AvgIpc) is 2.12. The number of carbonyl (C=O) groups is 1. The second-order valence-electron chi connectivity index (χ2n) is 3.45. The van der Waals surface area contributed by atoms with Gasteiger partial charge in [0.25, 0.3) is 0 Å². The number of hydrogen-bond donors (Lipinski definition) is 3. The molecule has 0 aromatic heterocycles. The van der Waals surface area contributed by atoms with Gasteiger partial charge in [0.2, 0.25) is 5.91 Å². The highest BCUT2D eigenvalue weighted by Crippen LogP contribution is 2.31. The van der Waals surface area contributed by atoms with Gasteiger partial charge in [-0.15, -0.1) is 0 Å². The molecule has 1 atom stereocenters. The van der Waals surface area contributed by atoms with Crippen molar-refractivity contribution < 1.29 is 9.90 Å². The van der Waals surface area contributed by atoms with Gasteiger partial charge in [-0.25, -0.2) is 0 Å². The lowest BCUT2D eigenvalue weighted by atomic mass is 10.2. The third-order valence-electron chi connectivity index (χ3n) is 1.84. The maximum absolute atomic E-state index is 11.3. The van der Waals surface area contributed by atoms with E-state index in [0.717, 1.165) is 0 Å². The van der Waals surface area contributed by atoms with Gasteiger partial charge in [-0.1, -0.05) is 23.2 Å². The molecule has 6 heteroatoms. The van der Waals surface area contributed by atoms with E-state index >= 15 is 0 Å². The van der Waals surface area contributed by atoms with E-state index in [0.29, 0.717) is 5.69 Å². The number of hydrogen-bond acceptors (Lipinski definition) is 3. The molecule has 16 heavy (non-hydrogen) atoms. The summed E-state index contributed by atoms with van der Waals surface area (Å²) in [6, 6.07) is 3.01. The van der Waals surface area contributed by atoms with Gasteiger partial charge < -0.3 is 16.2 Å². The molecule has 4 nitrogen and oxygen atoms in total. The number of benzene rings is 1. The van der Waals surface area contributed by atoms with E-state index in [1.54, 1.807) is 0 Å². The van der Waals surface area contributed by atoms with Gasteiger partial charge in [0.15, 0.2) is 0 Å². The number of aliphatic hydroxyl groups is 1. The second kappa shape index (κ2) is 5.39. The van der Waals surface area contributed by atoms with Crippen molar-refractivity contribution in [3.05, 3.63) is 22.2 Å². The molecule has 88 valence electrons. The SMILES string of the molecule is CC(O)CC(=O)Nc1cc(Cl)c(N)c(Cl)c1. The summed E-state index contributed by atoms with van der Waals surface area (Å²) < 4.78 is 0. The zero-order chi connectivity index (χ0) is 12.3. The molecule has 0 fully saturated rings. The Kier molecular flexibility index (Phi) is 4.41. The quantitative estimate of drug-likeness (QED) is 0.732. The van der Waals surface area contributed by atoms with Crippen LogP contribution in [0.15, 0.2) is 12.1 Å². The van der Waals surface area contributed by atoms with Crippen LogP contribution in [0, 0.1) is 0 Å². The maximum atomic E-state index is 11.3. The average molecular weight is 263 g/mol. The number of rotatable bonds is 3. The van der Waals surface area contributed by atoms with E-state index in [1.165, 1.54) is 19.1 Å². The van der Waals surface area contributed by atoms with Crippen molar-refractivity contribution in [1.29, 1.82) is 0 Å². The van der Waals surface area contributed by atoms with Gasteiger partial charge in [0.05, 0.1) is 28.3 Å². The van der Waals surface area contributed by atoms with Crippen molar-refractivity contribution in [2.45, 2.75) is 19.4 Å². The first-order valence-corrected chi connectivity index (χ1v) is 5.38. The lowest BCUT2D eigenvalue weighted by Crippen LogP contribution is -2.17. The van der Waals surface area contributed by atoms with Crippen LogP contribution in [-0.4, -0.2) is 17.1 Å². The molecule has 0 aliphatic heterocycles. The lowest BCUT2D eigenvalue weighted by Gasteiger charge is -2.09. The minimum atomic E-state index is -0.695. The fourth-order valence-corrected chi connectivity index (χ4v) is 1.62. The Morgan fingerprint density at radius 1 is 1.50 bits per heavy atom. The third-order valence-corrected chi connectivity index (χ3v) is 2.47. The van der Waals surface area contributed by atoms with Crippen LogP contribution in [0.5, 0.6) is 0 Å². The first-order valence-electron chi connectivity index (χ1n) is 4.62. The summed E-state index contributed by atoms with van der Waals surface area (Å²) in [6.07, 6.45) is -0.681. The first-order chi connectivity index (χ1) is 7.40. The molecule has 0 spiro atoms. The Balaban J connectivity index is 2.79. The van der Waals surface area contributed by atoms with Crippen LogP contribution in [0.25, 0.3) is 0 Å². The highest BCUT2D eigenvalue weighted by Gasteiger charge is 2.09. The van der Waals surface area contributed by atoms with Crippen molar-refractivity contribution in [3.63, 3.8) is 0 Å². The first kappa shape index (κ1) is 13.1. The molecule has 1 rings (SSSR count). The molecule has 4 N–H and O–H groups in total. The Bertz CT molecular complexity index is 385. The van der Waals surface area contributed by atoms with E-state index in [-0.39, 0.29) is 28.1 Å². The molecule has 0 saturated carbocycles. The summed E-state index contributed by atoms with van der Waals surface area (Å²) in [5.41, 5.74) is 6.27. The van der Waals surface area contributed by atoms with Gasteiger partial charge in [0.1, 0.15) is 0 Å². The number of halogens is 2. The smallest absolute Gasteiger partial charge is 0.226 e. The standard InChI is InChI=1S/C10H12Cl2N2O2/c1-5(15)2-9(16)14-6-3-7(11)10(13)8(12)4-6/h3-5,15H,2,13H2,1H3,(H,14,16). The molecule has 0 radical (unpaired) electrons. The summed E-state index contributed by atoms with van der Waals surface area (Å²) in [6.45, 7) is 1.53. The van der Waals surface area contributed by atoms with Gasteiger partial charge in [0, 0.05) is 5.69 Å². The fourth-order valence-electron chi connectivity index (χ4n) is 1.14. The fraction of sp³-hybridized carbons (Fsp3) is 0.300.